The van der Waals surface area contributed by atoms with E-state index < -0.39 is 0 Å². The van der Waals surface area contributed by atoms with Crippen LogP contribution in [0.4, 0.5) is 0 Å². The molecule has 0 fully saturated rings. The van der Waals surface area contributed by atoms with Crippen LogP contribution in [0.3, 0.4) is 0 Å². The van der Waals surface area contributed by atoms with E-state index in [1.807, 2.05) is 0 Å². The van der Waals surface area contributed by atoms with Gasteiger partial charge in [0, 0.05) is 11.8 Å². The summed E-state index contributed by atoms with van der Waals surface area (Å²) in [5.41, 5.74) is 26.1. The van der Waals surface area contributed by atoms with Crippen LogP contribution in [0.1, 0.15) is 45.2 Å². The molecule has 0 saturated heterocycles. The average molecular weight is 477 g/mol. The summed E-state index contributed by atoms with van der Waals surface area (Å²) in [7, 11) is 0. The Morgan fingerprint density at radius 1 is 0.237 bits per heavy atom. The number of benzene rings is 6. The molecule has 0 heteroatoms. The molecule has 0 nitrogen and oxygen atoms in total. The summed E-state index contributed by atoms with van der Waals surface area (Å²) in [4.78, 5) is 0. The average Bonchev–Trinajstić information content (AvgIpc) is 2.96. The predicted molar refractivity (Wildman–Crippen MR) is 155 cm³/mol. The van der Waals surface area contributed by atoms with Crippen LogP contribution < -0.4 is 0 Å². The smallest absolute Gasteiger partial charge is 0.0349 e. The van der Waals surface area contributed by atoms with Crippen molar-refractivity contribution in [2.45, 2.75) is 11.8 Å². The molecule has 0 radical (unpaired) electrons. The van der Waals surface area contributed by atoms with E-state index in [2.05, 4.69) is 109 Å². The van der Waals surface area contributed by atoms with E-state index in [0.717, 1.165) is 0 Å². The lowest BCUT2D eigenvalue weighted by molar-refractivity contribution is 0.755. The van der Waals surface area contributed by atoms with Gasteiger partial charge in [-0.1, -0.05) is 72.8 Å². The van der Waals surface area contributed by atoms with Crippen molar-refractivity contribution in [3.05, 3.63) is 143 Å². The highest BCUT2D eigenvalue weighted by Crippen LogP contribution is 2.63. The highest BCUT2D eigenvalue weighted by atomic mass is 14.5. The molecule has 0 heterocycles. The molecule has 6 aromatic rings. The Bertz CT molecular complexity index is 1740. The van der Waals surface area contributed by atoms with E-state index in [0.29, 0.717) is 0 Å². The molecule has 6 aliphatic carbocycles. The van der Waals surface area contributed by atoms with Crippen molar-refractivity contribution in [2.75, 3.05) is 0 Å². The van der Waals surface area contributed by atoms with Gasteiger partial charge in [-0.05, 0) is 137 Å². The van der Waals surface area contributed by atoms with Crippen molar-refractivity contribution in [1.82, 2.24) is 0 Å². The van der Waals surface area contributed by atoms with Gasteiger partial charge in [0.05, 0.1) is 0 Å². The molecule has 172 valence electrons. The molecular formula is C38H20. The maximum absolute atomic E-state index is 2.54. The van der Waals surface area contributed by atoms with Crippen LogP contribution in [0.5, 0.6) is 0 Å². The topological polar surface area (TPSA) is 0 Å². The Hall–Kier alpha value is -4.68. The van der Waals surface area contributed by atoms with Crippen molar-refractivity contribution >= 4 is 0 Å². The fourth-order valence-electron chi connectivity index (χ4n) is 8.41. The standard InChI is InChI=1S/C38H20/c1-2-8-20-19(7-1)25-13-31-32(14-26(20)25)38-35-17-29-23-11-5-3-9-21(23)27(29)15-33(35)37(31)34-16-28-22-10-4-6-12-24(22)30(28)18-36(34)38/h1-18,37-38H. The normalized spacial score (nSPS) is 18.0. The van der Waals surface area contributed by atoms with Crippen molar-refractivity contribution in [1.29, 1.82) is 0 Å². The van der Waals surface area contributed by atoms with Gasteiger partial charge in [0.1, 0.15) is 0 Å². The Morgan fingerprint density at radius 3 is 0.605 bits per heavy atom. The molecule has 0 atom stereocenters. The zero-order chi connectivity index (χ0) is 24.3. The lowest BCUT2D eigenvalue weighted by Gasteiger charge is -2.46. The van der Waals surface area contributed by atoms with Gasteiger partial charge in [0.15, 0.2) is 0 Å². The quantitative estimate of drug-likeness (QED) is 0.204. The molecule has 0 saturated carbocycles. The monoisotopic (exact) mass is 476 g/mol. The second kappa shape index (κ2) is 5.90. The Balaban J connectivity index is 1.21. The van der Waals surface area contributed by atoms with E-state index in [9.17, 15) is 0 Å². The lowest BCUT2D eigenvalue weighted by Crippen LogP contribution is -2.29. The third-order valence-electron chi connectivity index (χ3n) is 10.1. The number of hydrogen-bond acceptors (Lipinski definition) is 0. The molecule has 0 spiro atoms. The zero-order valence-corrected chi connectivity index (χ0v) is 20.5. The first-order valence-electron chi connectivity index (χ1n) is 13.7. The van der Waals surface area contributed by atoms with Gasteiger partial charge in [-0.25, -0.2) is 0 Å². The van der Waals surface area contributed by atoms with E-state index in [-0.39, 0.29) is 11.8 Å². The van der Waals surface area contributed by atoms with Crippen molar-refractivity contribution in [2.24, 2.45) is 0 Å². The van der Waals surface area contributed by atoms with Crippen LogP contribution in [-0.4, -0.2) is 0 Å². The minimum absolute atomic E-state index is 0.286. The van der Waals surface area contributed by atoms with E-state index in [1.54, 1.807) is 0 Å². The molecule has 0 aromatic heterocycles. The van der Waals surface area contributed by atoms with Crippen molar-refractivity contribution in [3.8, 4) is 66.8 Å². The fraction of sp³-hybridized carbons (Fsp3) is 0.0526. The second-order valence-electron chi connectivity index (χ2n) is 11.6. The van der Waals surface area contributed by atoms with Crippen LogP contribution in [0.15, 0.2) is 109 Å². The van der Waals surface area contributed by atoms with Gasteiger partial charge in [-0.3, -0.25) is 0 Å². The lowest BCUT2D eigenvalue weighted by atomic mass is 9.57. The maximum atomic E-state index is 2.54. The van der Waals surface area contributed by atoms with E-state index >= 15 is 0 Å². The molecule has 0 unspecified atom stereocenters. The first kappa shape index (κ1) is 18.5. The summed E-state index contributed by atoms with van der Waals surface area (Å²) in [6, 6.07) is 42.0. The second-order valence-corrected chi connectivity index (χ2v) is 11.6. The summed E-state index contributed by atoms with van der Waals surface area (Å²) in [6.07, 6.45) is 0. The summed E-state index contributed by atoms with van der Waals surface area (Å²) in [6.45, 7) is 0. The number of hydrogen-bond donors (Lipinski definition) is 0. The largest absolute Gasteiger partial charge is 0.0616 e. The van der Waals surface area contributed by atoms with Crippen LogP contribution in [-0.2, 0) is 0 Å². The SMILES string of the molecule is c1ccc2c(c1)-c1cc3c(cc1-2)C1c2cc4c(cc2C3c2cc3c(cc21)-c1ccccc1-3)-c1ccccc1-4. The summed E-state index contributed by atoms with van der Waals surface area (Å²) in [5, 5.41) is 0. The first-order valence-corrected chi connectivity index (χ1v) is 13.7. The predicted octanol–water partition coefficient (Wildman–Crippen LogP) is 9.62. The van der Waals surface area contributed by atoms with Crippen molar-refractivity contribution in [3.63, 3.8) is 0 Å². The highest BCUT2D eigenvalue weighted by molar-refractivity contribution is 6.06. The molecule has 0 aliphatic heterocycles. The zero-order valence-electron chi connectivity index (χ0n) is 20.5. The first-order chi connectivity index (χ1) is 18.8. The van der Waals surface area contributed by atoms with E-state index in [1.165, 1.54) is 100 Å². The van der Waals surface area contributed by atoms with Gasteiger partial charge in [-0.2, -0.15) is 0 Å². The van der Waals surface area contributed by atoms with Crippen LogP contribution in [0.2, 0.25) is 0 Å². The van der Waals surface area contributed by atoms with Gasteiger partial charge < -0.3 is 0 Å². The minimum atomic E-state index is 0.286. The molecule has 12 rings (SSSR count). The molecule has 2 bridgehead atoms. The van der Waals surface area contributed by atoms with Crippen molar-refractivity contribution < 1.29 is 0 Å². The van der Waals surface area contributed by atoms with Crippen LogP contribution in [0, 0.1) is 0 Å². The third-order valence-corrected chi connectivity index (χ3v) is 10.1. The van der Waals surface area contributed by atoms with Gasteiger partial charge in [0.2, 0.25) is 0 Å². The molecule has 6 aromatic carbocycles. The number of fused-ring (bicyclic) bond motifs is 12. The molecular weight excluding hydrogens is 456 g/mol. The molecule has 38 heavy (non-hydrogen) atoms. The minimum Gasteiger partial charge on any atom is -0.0616 e. The molecule has 6 aliphatic rings. The van der Waals surface area contributed by atoms with Gasteiger partial charge in [0.25, 0.3) is 0 Å². The Kier molecular flexibility index (Phi) is 2.88. The summed E-state index contributed by atoms with van der Waals surface area (Å²) >= 11 is 0. The Labute approximate surface area is 220 Å². The Morgan fingerprint density at radius 2 is 0.421 bits per heavy atom. The highest BCUT2D eigenvalue weighted by Gasteiger charge is 2.45. The third kappa shape index (κ3) is 1.86. The molecule has 0 N–H and O–H groups in total. The number of rotatable bonds is 0. The van der Waals surface area contributed by atoms with Gasteiger partial charge in [-0.15, -0.1) is 0 Å². The summed E-state index contributed by atoms with van der Waals surface area (Å²) in [5.74, 6) is 0.573. The van der Waals surface area contributed by atoms with E-state index in [4.69, 9.17) is 0 Å². The van der Waals surface area contributed by atoms with Crippen LogP contribution in [0.25, 0.3) is 66.8 Å². The maximum Gasteiger partial charge on any atom is 0.0349 e. The summed E-state index contributed by atoms with van der Waals surface area (Å²) < 4.78 is 0. The fourth-order valence-corrected chi connectivity index (χ4v) is 8.41. The van der Waals surface area contributed by atoms with Gasteiger partial charge >= 0.3 is 0 Å². The van der Waals surface area contributed by atoms with Crippen LogP contribution >= 0.6 is 0 Å². The molecule has 0 amide bonds.